The number of likely N-dealkylation sites (N-methyl/N-ethyl adjacent to an activating group) is 1. The normalized spacial score (nSPS) is 20.4. The Hall–Kier alpha value is -2.05. The Bertz CT molecular complexity index is 799. The summed E-state index contributed by atoms with van der Waals surface area (Å²) in [6, 6.07) is 5.43. The van der Waals surface area contributed by atoms with Gasteiger partial charge in [0.15, 0.2) is 0 Å². The Morgan fingerprint density at radius 1 is 1.35 bits per heavy atom. The molecular formula is C17H19N3O2S. The van der Waals surface area contributed by atoms with Crippen molar-refractivity contribution in [2.45, 2.75) is 26.1 Å². The molecule has 3 N–H and O–H groups in total. The van der Waals surface area contributed by atoms with Gasteiger partial charge in [0.25, 0.3) is 5.91 Å². The lowest BCUT2D eigenvalue weighted by Gasteiger charge is -2.28. The minimum Gasteiger partial charge on any atom is -0.508 e. The average molecular weight is 329 g/mol. The van der Waals surface area contributed by atoms with Gasteiger partial charge in [0, 0.05) is 23.5 Å². The summed E-state index contributed by atoms with van der Waals surface area (Å²) in [5.74, 6) is 0.143. The third-order valence-electron chi connectivity index (χ3n) is 4.52. The van der Waals surface area contributed by atoms with Crippen molar-refractivity contribution in [3.8, 4) is 5.75 Å². The first-order valence-electron chi connectivity index (χ1n) is 7.73. The lowest BCUT2D eigenvalue weighted by molar-refractivity contribution is 0.0934. The number of anilines is 1. The molecule has 1 atom stereocenters. The van der Waals surface area contributed by atoms with Crippen molar-refractivity contribution < 1.29 is 9.90 Å². The van der Waals surface area contributed by atoms with Gasteiger partial charge >= 0.3 is 0 Å². The molecule has 1 aromatic carbocycles. The maximum absolute atomic E-state index is 12.6. The van der Waals surface area contributed by atoms with Gasteiger partial charge in [-0.15, -0.1) is 11.3 Å². The molecule has 1 amide bonds. The van der Waals surface area contributed by atoms with Crippen LogP contribution >= 0.6 is 11.3 Å². The number of aromatic hydroxyl groups is 1. The molecule has 4 rings (SSSR count). The van der Waals surface area contributed by atoms with Crippen LogP contribution in [0.4, 0.5) is 5.00 Å². The van der Waals surface area contributed by atoms with Gasteiger partial charge in [-0.2, -0.15) is 0 Å². The van der Waals surface area contributed by atoms with Gasteiger partial charge in [-0.25, -0.2) is 0 Å². The van der Waals surface area contributed by atoms with E-state index in [-0.39, 0.29) is 11.7 Å². The zero-order valence-corrected chi connectivity index (χ0v) is 14.0. The molecule has 0 aliphatic carbocycles. The fraction of sp³-hybridized carbons (Fsp3) is 0.353. The van der Waals surface area contributed by atoms with Gasteiger partial charge in [0.2, 0.25) is 0 Å². The molecule has 0 radical (unpaired) electrons. The number of amides is 1. The van der Waals surface area contributed by atoms with Gasteiger partial charge in [-0.3, -0.25) is 4.79 Å². The molecule has 0 spiro atoms. The van der Waals surface area contributed by atoms with Gasteiger partial charge < -0.3 is 20.6 Å². The molecule has 2 aromatic rings. The van der Waals surface area contributed by atoms with Crippen molar-refractivity contribution in [3.63, 3.8) is 0 Å². The fourth-order valence-electron chi connectivity index (χ4n) is 3.30. The second-order valence-corrected chi connectivity index (χ2v) is 7.41. The Morgan fingerprint density at radius 2 is 2.17 bits per heavy atom. The van der Waals surface area contributed by atoms with Crippen LogP contribution in [0.3, 0.4) is 0 Å². The van der Waals surface area contributed by atoms with E-state index in [1.54, 1.807) is 17.4 Å². The Labute approximate surface area is 138 Å². The summed E-state index contributed by atoms with van der Waals surface area (Å²) in [6.07, 6.45) is 0.514. The number of hydrogen-bond acceptors (Lipinski definition) is 5. The van der Waals surface area contributed by atoms with Crippen molar-refractivity contribution in [1.82, 2.24) is 10.2 Å². The number of carbonyl (C=O) groups is 1. The first kappa shape index (κ1) is 14.5. The number of fused-ring (bicyclic) bond motifs is 3. The van der Waals surface area contributed by atoms with E-state index in [2.05, 4.69) is 22.6 Å². The van der Waals surface area contributed by atoms with Crippen LogP contribution in [0.15, 0.2) is 18.2 Å². The van der Waals surface area contributed by atoms with E-state index in [4.69, 9.17) is 0 Å². The van der Waals surface area contributed by atoms with Crippen molar-refractivity contribution in [2.75, 3.05) is 18.9 Å². The van der Waals surface area contributed by atoms with Crippen LogP contribution in [-0.2, 0) is 13.0 Å². The summed E-state index contributed by atoms with van der Waals surface area (Å²) in [7, 11) is 2.10. The number of phenols is 1. The number of nitrogens with one attached hydrogen (secondary N) is 2. The average Bonchev–Trinajstić information content (AvgIpc) is 2.87. The van der Waals surface area contributed by atoms with Crippen molar-refractivity contribution >= 4 is 22.2 Å². The van der Waals surface area contributed by atoms with Crippen LogP contribution in [0.1, 0.15) is 38.1 Å². The molecule has 0 fully saturated rings. The highest BCUT2D eigenvalue weighted by Crippen LogP contribution is 2.41. The molecule has 5 nitrogen and oxygen atoms in total. The molecule has 23 heavy (non-hydrogen) atoms. The van der Waals surface area contributed by atoms with E-state index in [9.17, 15) is 9.90 Å². The lowest BCUT2D eigenvalue weighted by atomic mass is 10.00. The molecule has 0 saturated heterocycles. The topological polar surface area (TPSA) is 64.6 Å². The highest BCUT2D eigenvalue weighted by Gasteiger charge is 2.33. The largest absolute Gasteiger partial charge is 0.508 e. The molecule has 2 aliphatic heterocycles. The van der Waals surface area contributed by atoms with E-state index in [1.165, 1.54) is 10.4 Å². The highest BCUT2D eigenvalue weighted by atomic mass is 32.1. The second-order valence-electron chi connectivity index (χ2n) is 6.31. The first-order valence-corrected chi connectivity index (χ1v) is 8.54. The first-order chi connectivity index (χ1) is 11.0. The summed E-state index contributed by atoms with van der Waals surface area (Å²) in [4.78, 5) is 16.2. The number of phenolic OH excluding ortho intramolecular Hbond substituents is 1. The number of benzene rings is 1. The summed E-state index contributed by atoms with van der Waals surface area (Å²) >= 11 is 1.66. The smallest absolute Gasteiger partial charge is 0.256 e. The molecule has 2 aliphatic rings. The third-order valence-corrected chi connectivity index (χ3v) is 5.67. The van der Waals surface area contributed by atoms with Crippen molar-refractivity contribution in [1.29, 1.82) is 0 Å². The van der Waals surface area contributed by atoms with Crippen molar-refractivity contribution in [2.24, 2.45) is 0 Å². The molecule has 0 saturated carbocycles. The van der Waals surface area contributed by atoms with Crippen LogP contribution in [0, 0.1) is 6.92 Å². The van der Waals surface area contributed by atoms with E-state index in [1.807, 2.05) is 19.1 Å². The SMILES string of the molecule is Cc1ccc(O)c([C@H]2NC(=O)c3c(sc4c3CCN(C)C4)N2)c1. The number of nitrogens with zero attached hydrogens (tertiary/aromatic N) is 1. The predicted molar refractivity (Wildman–Crippen MR) is 91.0 cm³/mol. The molecule has 3 heterocycles. The lowest BCUT2D eigenvalue weighted by Crippen LogP contribution is -2.38. The molecule has 0 unspecified atom stereocenters. The summed E-state index contributed by atoms with van der Waals surface area (Å²) in [5, 5.41) is 17.4. The summed E-state index contributed by atoms with van der Waals surface area (Å²) < 4.78 is 0. The number of aryl methyl sites for hydroxylation is 1. The van der Waals surface area contributed by atoms with Gasteiger partial charge in [0.1, 0.15) is 16.9 Å². The van der Waals surface area contributed by atoms with E-state index in [0.717, 1.165) is 35.6 Å². The van der Waals surface area contributed by atoms with Gasteiger partial charge in [-0.05, 0) is 38.1 Å². The van der Waals surface area contributed by atoms with Gasteiger partial charge in [-0.1, -0.05) is 11.6 Å². The monoisotopic (exact) mass is 329 g/mol. The maximum atomic E-state index is 12.6. The van der Waals surface area contributed by atoms with Crippen molar-refractivity contribution in [3.05, 3.63) is 45.3 Å². The molecule has 1 aromatic heterocycles. The van der Waals surface area contributed by atoms with E-state index >= 15 is 0 Å². The van der Waals surface area contributed by atoms with Crippen LogP contribution in [-0.4, -0.2) is 29.5 Å². The molecular weight excluding hydrogens is 310 g/mol. The van der Waals surface area contributed by atoms with Gasteiger partial charge in [0.05, 0.1) is 5.56 Å². The van der Waals surface area contributed by atoms with E-state index in [0.29, 0.717) is 5.56 Å². The minimum atomic E-state index is -0.396. The third kappa shape index (κ3) is 2.38. The number of hydrogen-bond donors (Lipinski definition) is 3. The zero-order valence-electron chi connectivity index (χ0n) is 13.1. The number of thiophene rings is 1. The Kier molecular flexibility index (Phi) is 3.32. The fourth-order valence-corrected chi connectivity index (χ4v) is 4.66. The Balaban J connectivity index is 1.73. The van der Waals surface area contributed by atoms with Crippen LogP contribution in [0.25, 0.3) is 0 Å². The maximum Gasteiger partial charge on any atom is 0.256 e. The molecule has 0 bridgehead atoms. The molecule has 120 valence electrons. The summed E-state index contributed by atoms with van der Waals surface area (Å²) in [6.45, 7) is 3.84. The Morgan fingerprint density at radius 3 is 3.00 bits per heavy atom. The zero-order chi connectivity index (χ0) is 16.1. The highest BCUT2D eigenvalue weighted by molar-refractivity contribution is 7.16. The van der Waals surface area contributed by atoms with E-state index < -0.39 is 6.17 Å². The summed E-state index contributed by atoms with van der Waals surface area (Å²) in [5.41, 5.74) is 3.72. The minimum absolute atomic E-state index is 0.0493. The standard InChI is InChI=1S/C17H19N3O2S/c1-9-3-4-12(21)11(7-9)15-18-16(22)14-10-5-6-20(2)8-13(10)23-17(14)19-15/h3-4,7,15,19,21H,5-6,8H2,1-2H3,(H,18,22)/t15-/m0/s1. The molecule has 6 heteroatoms. The number of rotatable bonds is 1. The predicted octanol–water partition coefficient (Wildman–Crippen LogP) is 2.60. The second kappa shape index (κ2) is 5.25. The van der Waals surface area contributed by atoms with Crippen LogP contribution in [0.2, 0.25) is 0 Å². The quantitative estimate of drug-likeness (QED) is 0.752. The van der Waals surface area contributed by atoms with Crippen LogP contribution in [0.5, 0.6) is 5.75 Å². The van der Waals surface area contributed by atoms with Crippen LogP contribution < -0.4 is 10.6 Å². The number of carbonyl (C=O) groups excluding carboxylic acids is 1.